The van der Waals surface area contributed by atoms with Gasteiger partial charge in [-0.25, -0.2) is 0 Å². The minimum Gasteiger partial charge on any atom is -0.378 e. The summed E-state index contributed by atoms with van der Waals surface area (Å²) in [4.78, 5) is 2.67. The lowest BCUT2D eigenvalue weighted by Gasteiger charge is -2.42. The molecule has 3 aliphatic rings. The fourth-order valence-electron chi connectivity index (χ4n) is 4.00. The second-order valence-corrected chi connectivity index (χ2v) is 6.29. The van der Waals surface area contributed by atoms with Gasteiger partial charge < -0.3 is 15.0 Å². The number of ether oxygens (including phenoxy) is 1. The van der Waals surface area contributed by atoms with E-state index in [1.165, 1.54) is 38.5 Å². The number of hydrogen-bond acceptors (Lipinski definition) is 3. The molecule has 3 aliphatic heterocycles. The second-order valence-electron chi connectivity index (χ2n) is 6.29. The van der Waals surface area contributed by atoms with Crippen molar-refractivity contribution in [3.8, 4) is 0 Å². The summed E-state index contributed by atoms with van der Waals surface area (Å²) >= 11 is 0. The average molecular weight is 238 g/mol. The molecule has 3 heterocycles. The zero-order valence-electron chi connectivity index (χ0n) is 11.2. The first-order valence-corrected chi connectivity index (χ1v) is 7.32. The minimum atomic E-state index is 0.453. The highest BCUT2D eigenvalue weighted by Gasteiger charge is 2.37. The van der Waals surface area contributed by atoms with Crippen LogP contribution in [0.2, 0.25) is 0 Å². The number of hydrogen-bond donors (Lipinski definition) is 1. The van der Waals surface area contributed by atoms with E-state index < -0.39 is 0 Å². The molecule has 0 amide bonds. The van der Waals surface area contributed by atoms with Crippen molar-refractivity contribution in [3.05, 3.63) is 0 Å². The van der Waals surface area contributed by atoms with Crippen LogP contribution in [0.3, 0.4) is 0 Å². The summed E-state index contributed by atoms with van der Waals surface area (Å²) in [6.45, 7) is 3.17. The first kappa shape index (κ1) is 11.9. The Labute approximate surface area is 105 Å². The Hall–Kier alpha value is -0.120. The van der Waals surface area contributed by atoms with Crippen molar-refractivity contribution in [3.63, 3.8) is 0 Å². The normalized spacial score (nSPS) is 46.4. The zero-order valence-corrected chi connectivity index (χ0v) is 11.2. The van der Waals surface area contributed by atoms with Crippen LogP contribution in [0.5, 0.6) is 0 Å². The molecule has 17 heavy (non-hydrogen) atoms. The summed E-state index contributed by atoms with van der Waals surface area (Å²) in [5, 5.41) is 3.74. The molecule has 0 saturated carbocycles. The maximum Gasteiger partial charge on any atom is 0.0561 e. The van der Waals surface area contributed by atoms with Crippen molar-refractivity contribution in [1.82, 2.24) is 10.2 Å². The largest absolute Gasteiger partial charge is 0.378 e. The van der Waals surface area contributed by atoms with Crippen molar-refractivity contribution in [2.75, 3.05) is 13.7 Å². The van der Waals surface area contributed by atoms with Gasteiger partial charge >= 0.3 is 0 Å². The lowest BCUT2D eigenvalue weighted by molar-refractivity contribution is -0.0253. The molecule has 4 atom stereocenters. The van der Waals surface area contributed by atoms with E-state index >= 15 is 0 Å². The third-order valence-corrected chi connectivity index (χ3v) is 5.06. The van der Waals surface area contributed by atoms with Crippen molar-refractivity contribution in [2.45, 2.75) is 75.7 Å². The van der Waals surface area contributed by atoms with E-state index in [0.29, 0.717) is 6.10 Å². The van der Waals surface area contributed by atoms with Crippen LogP contribution >= 0.6 is 0 Å². The molecule has 3 fully saturated rings. The summed E-state index contributed by atoms with van der Waals surface area (Å²) < 4.78 is 5.66. The van der Waals surface area contributed by atoms with Gasteiger partial charge in [0.05, 0.1) is 6.10 Å². The summed E-state index contributed by atoms with van der Waals surface area (Å²) in [6.07, 6.45) is 8.42. The van der Waals surface area contributed by atoms with Gasteiger partial charge in [-0.1, -0.05) is 0 Å². The van der Waals surface area contributed by atoms with Gasteiger partial charge in [0.2, 0.25) is 0 Å². The molecule has 98 valence electrons. The predicted molar refractivity (Wildman–Crippen MR) is 69.2 cm³/mol. The van der Waals surface area contributed by atoms with Crippen LogP contribution in [0.1, 0.15) is 45.4 Å². The Morgan fingerprint density at radius 3 is 2.35 bits per heavy atom. The topological polar surface area (TPSA) is 24.5 Å². The molecule has 3 nitrogen and oxygen atoms in total. The third-order valence-electron chi connectivity index (χ3n) is 5.06. The van der Waals surface area contributed by atoms with E-state index in [0.717, 1.165) is 30.8 Å². The quantitative estimate of drug-likeness (QED) is 0.793. The number of piperidine rings is 1. The summed E-state index contributed by atoms with van der Waals surface area (Å²) in [6, 6.07) is 3.17. The molecule has 4 unspecified atom stereocenters. The Balaban J connectivity index is 1.59. The molecule has 3 rings (SSSR count). The van der Waals surface area contributed by atoms with Gasteiger partial charge in [0.1, 0.15) is 0 Å². The van der Waals surface area contributed by atoms with E-state index in [-0.39, 0.29) is 0 Å². The fourth-order valence-corrected chi connectivity index (χ4v) is 4.00. The van der Waals surface area contributed by atoms with Crippen molar-refractivity contribution in [2.24, 2.45) is 0 Å². The summed E-state index contributed by atoms with van der Waals surface area (Å²) in [5.74, 6) is 0. The SMILES string of the molecule is CC1CC(N(C)C2CC3CCC(C2)N3)CCO1. The van der Waals surface area contributed by atoms with E-state index in [2.05, 4.69) is 24.2 Å². The summed E-state index contributed by atoms with van der Waals surface area (Å²) in [7, 11) is 2.35. The molecular weight excluding hydrogens is 212 g/mol. The standard InChI is InChI=1S/C14H26N2O/c1-10-7-13(5-6-17-10)16(2)14-8-11-3-4-12(9-14)15-11/h10-15H,3-9H2,1-2H3. The third kappa shape index (κ3) is 2.51. The molecule has 3 saturated heterocycles. The Morgan fingerprint density at radius 1 is 1.00 bits per heavy atom. The van der Waals surface area contributed by atoms with Gasteiger partial charge in [0.25, 0.3) is 0 Å². The van der Waals surface area contributed by atoms with Crippen molar-refractivity contribution >= 4 is 0 Å². The highest BCUT2D eigenvalue weighted by atomic mass is 16.5. The fraction of sp³-hybridized carbons (Fsp3) is 1.00. The van der Waals surface area contributed by atoms with Gasteiger partial charge in [-0.05, 0) is 52.5 Å². The van der Waals surface area contributed by atoms with Crippen molar-refractivity contribution < 1.29 is 4.74 Å². The average Bonchev–Trinajstić information content (AvgIpc) is 2.67. The number of fused-ring (bicyclic) bond motifs is 2. The van der Waals surface area contributed by atoms with Gasteiger partial charge in [-0.15, -0.1) is 0 Å². The Kier molecular flexibility index (Phi) is 3.42. The van der Waals surface area contributed by atoms with Crippen LogP contribution in [0.15, 0.2) is 0 Å². The molecule has 3 heteroatoms. The highest BCUT2D eigenvalue weighted by Crippen LogP contribution is 2.31. The van der Waals surface area contributed by atoms with Gasteiger partial charge in [0, 0.05) is 30.8 Å². The first-order chi connectivity index (χ1) is 8.22. The molecule has 0 aromatic heterocycles. The molecule has 0 aromatic carbocycles. The molecule has 1 N–H and O–H groups in total. The van der Waals surface area contributed by atoms with Crippen LogP contribution < -0.4 is 5.32 Å². The first-order valence-electron chi connectivity index (χ1n) is 7.32. The minimum absolute atomic E-state index is 0.453. The highest BCUT2D eigenvalue weighted by molar-refractivity contribution is 4.96. The maximum atomic E-state index is 5.66. The maximum absolute atomic E-state index is 5.66. The molecule has 0 aliphatic carbocycles. The number of rotatable bonds is 2. The lowest BCUT2D eigenvalue weighted by Crippen LogP contribution is -2.51. The number of nitrogens with one attached hydrogen (secondary N) is 1. The van der Waals surface area contributed by atoms with Crippen LogP contribution in [-0.4, -0.2) is 48.8 Å². The van der Waals surface area contributed by atoms with E-state index in [4.69, 9.17) is 4.74 Å². The predicted octanol–water partition coefficient (Wildman–Crippen LogP) is 1.77. The van der Waals surface area contributed by atoms with Gasteiger partial charge in [-0.3, -0.25) is 0 Å². The monoisotopic (exact) mass is 238 g/mol. The lowest BCUT2D eigenvalue weighted by atomic mass is 9.94. The smallest absolute Gasteiger partial charge is 0.0561 e. The Morgan fingerprint density at radius 2 is 1.71 bits per heavy atom. The van der Waals surface area contributed by atoms with Gasteiger partial charge in [-0.2, -0.15) is 0 Å². The zero-order chi connectivity index (χ0) is 11.8. The van der Waals surface area contributed by atoms with Crippen LogP contribution in [0.4, 0.5) is 0 Å². The van der Waals surface area contributed by atoms with E-state index in [9.17, 15) is 0 Å². The second kappa shape index (κ2) is 4.87. The molecule has 0 radical (unpaired) electrons. The molecule has 0 spiro atoms. The van der Waals surface area contributed by atoms with Gasteiger partial charge in [0.15, 0.2) is 0 Å². The van der Waals surface area contributed by atoms with Crippen LogP contribution in [-0.2, 0) is 4.74 Å². The van der Waals surface area contributed by atoms with Crippen LogP contribution in [0, 0.1) is 0 Å². The van der Waals surface area contributed by atoms with E-state index in [1.807, 2.05) is 0 Å². The molecular formula is C14H26N2O. The summed E-state index contributed by atoms with van der Waals surface area (Å²) in [5.41, 5.74) is 0. The molecule has 0 aromatic rings. The van der Waals surface area contributed by atoms with Crippen LogP contribution in [0.25, 0.3) is 0 Å². The van der Waals surface area contributed by atoms with Crippen molar-refractivity contribution in [1.29, 1.82) is 0 Å². The Bertz CT molecular complexity index is 259. The molecule has 2 bridgehead atoms. The number of nitrogens with zero attached hydrogens (tertiary/aromatic N) is 1. The van der Waals surface area contributed by atoms with E-state index in [1.54, 1.807) is 0 Å².